The number of aromatic nitrogens is 3. The van der Waals surface area contributed by atoms with E-state index in [1.54, 1.807) is 0 Å². The molecule has 0 N–H and O–H groups in total. The first-order valence-corrected chi connectivity index (χ1v) is 6.15. The molecule has 0 aliphatic heterocycles. The highest BCUT2D eigenvalue weighted by molar-refractivity contribution is 5.73. The summed E-state index contributed by atoms with van der Waals surface area (Å²) in [5.41, 5.74) is 2.12. The van der Waals surface area contributed by atoms with Crippen LogP contribution in [0, 0.1) is 0 Å². The Balaban J connectivity index is 1.91. The van der Waals surface area contributed by atoms with E-state index in [9.17, 15) is 0 Å². The summed E-state index contributed by atoms with van der Waals surface area (Å²) in [5.74, 6) is 0. The molecule has 0 saturated carbocycles. The van der Waals surface area contributed by atoms with Gasteiger partial charge >= 0.3 is 0 Å². The van der Waals surface area contributed by atoms with Crippen LogP contribution in [-0.4, -0.2) is 47.2 Å². The van der Waals surface area contributed by atoms with E-state index >= 15 is 0 Å². The van der Waals surface area contributed by atoms with Crippen molar-refractivity contribution in [3.05, 3.63) is 24.3 Å². The van der Waals surface area contributed by atoms with Crippen molar-refractivity contribution in [1.29, 1.82) is 0 Å². The molecule has 0 fully saturated rings. The number of unbranched alkanes of at least 4 members (excludes halogenated alkanes) is 1. The number of nitrogens with zero attached hydrogens (tertiary/aromatic N) is 4. The van der Waals surface area contributed by atoms with Gasteiger partial charge in [0.1, 0.15) is 5.52 Å². The molecule has 0 radical (unpaired) electrons. The van der Waals surface area contributed by atoms with Gasteiger partial charge in [-0.15, -0.1) is 5.10 Å². The molecule has 0 atom stereocenters. The molecule has 1 aromatic heterocycles. The molecular weight excluding hydrogens is 212 g/mol. The smallest absolute Gasteiger partial charge is 0.113 e. The van der Waals surface area contributed by atoms with Gasteiger partial charge in [0.05, 0.1) is 33.2 Å². The molecule has 1 aromatic carbocycles. The fourth-order valence-corrected chi connectivity index (χ4v) is 1.93. The first-order chi connectivity index (χ1) is 8.06. The zero-order valence-corrected chi connectivity index (χ0v) is 10.9. The molecule has 0 spiro atoms. The molecule has 0 aliphatic carbocycles. The lowest BCUT2D eigenvalue weighted by Crippen LogP contribution is -2.35. The van der Waals surface area contributed by atoms with Gasteiger partial charge in [0.2, 0.25) is 0 Å². The van der Waals surface area contributed by atoms with Crippen LogP contribution in [-0.2, 0) is 6.54 Å². The molecule has 4 nitrogen and oxygen atoms in total. The van der Waals surface area contributed by atoms with Gasteiger partial charge in [0.15, 0.2) is 0 Å². The number of rotatable bonds is 5. The number of aryl methyl sites for hydroxylation is 1. The van der Waals surface area contributed by atoms with Gasteiger partial charge in [0.25, 0.3) is 0 Å². The normalized spacial score (nSPS) is 12.2. The SMILES string of the molecule is C[N+](C)(C)CCCCn1nnc2ccccc21. The molecule has 2 rings (SSSR count). The third-order valence-electron chi connectivity index (χ3n) is 2.87. The van der Waals surface area contributed by atoms with Gasteiger partial charge in [-0.25, -0.2) is 4.68 Å². The summed E-state index contributed by atoms with van der Waals surface area (Å²) in [6.45, 7) is 2.16. The van der Waals surface area contributed by atoms with Crippen molar-refractivity contribution in [1.82, 2.24) is 15.0 Å². The molecule has 4 heteroatoms. The van der Waals surface area contributed by atoms with Gasteiger partial charge in [-0.1, -0.05) is 17.3 Å². The Morgan fingerprint density at radius 1 is 1.12 bits per heavy atom. The third kappa shape index (κ3) is 3.27. The average molecular weight is 233 g/mol. The van der Waals surface area contributed by atoms with Crippen LogP contribution in [0.3, 0.4) is 0 Å². The van der Waals surface area contributed by atoms with Crippen LogP contribution in [0.15, 0.2) is 24.3 Å². The van der Waals surface area contributed by atoms with E-state index in [1.807, 2.05) is 22.9 Å². The average Bonchev–Trinajstić information content (AvgIpc) is 2.67. The zero-order valence-electron chi connectivity index (χ0n) is 10.9. The van der Waals surface area contributed by atoms with Crippen molar-refractivity contribution >= 4 is 11.0 Å². The summed E-state index contributed by atoms with van der Waals surface area (Å²) in [6, 6.07) is 8.12. The Hall–Kier alpha value is -1.42. The largest absolute Gasteiger partial charge is 0.331 e. The Morgan fingerprint density at radius 2 is 1.88 bits per heavy atom. The lowest BCUT2D eigenvalue weighted by Gasteiger charge is -2.23. The highest BCUT2D eigenvalue weighted by atomic mass is 15.4. The highest BCUT2D eigenvalue weighted by Crippen LogP contribution is 2.10. The zero-order chi connectivity index (χ0) is 12.3. The standard InChI is InChI=1S/C13H21N4/c1-17(2,3)11-7-6-10-16-13-9-5-4-8-12(13)14-15-16/h4-5,8-9H,6-7,10-11H2,1-3H3/q+1. The molecule has 0 aliphatic rings. The fourth-order valence-electron chi connectivity index (χ4n) is 1.93. The molecule has 2 aromatic rings. The van der Waals surface area contributed by atoms with Crippen LogP contribution in [0.5, 0.6) is 0 Å². The van der Waals surface area contributed by atoms with Crippen LogP contribution in [0.1, 0.15) is 12.8 Å². The van der Waals surface area contributed by atoms with E-state index in [2.05, 4.69) is 37.5 Å². The summed E-state index contributed by atoms with van der Waals surface area (Å²) in [7, 11) is 6.68. The van der Waals surface area contributed by atoms with Crippen molar-refractivity contribution in [3.8, 4) is 0 Å². The van der Waals surface area contributed by atoms with Gasteiger partial charge in [-0.2, -0.15) is 0 Å². The summed E-state index contributed by atoms with van der Waals surface area (Å²) in [5, 5.41) is 8.35. The first kappa shape index (κ1) is 12.0. The van der Waals surface area contributed by atoms with Crippen LogP contribution in [0.4, 0.5) is 0 Å². The first-order valence-electron chi connectivity index (χ1n) is 6.15. The van der Waals surface area contributed by atoms with E-state index < -0.39 is 0 Å². The van der Waals surface area contributed by atoms with Crippen molar-refractivity contribution < 1.29 is 4.48 Å². The van der Waals surface area contributed by atoms with E-state index in [0.717, 1.165) is 28.5 Å². The molecule has 0 saturated heterocycles. The Bertz CT molecular complexity index is 481. The van der Waals surface area contributed by atoms with Gasteiger partial charge in [-0.05, 0) is 25.0 Å². The maximum Gasteiger partial charge on any atom is 0.113 e. The molecule has 17 heavy (non-hydrogen) atoms. The Kier molecular flexibility index (Phi) is 3.43. The molecule has 0 unspecified atom stereocenters. The predicted octanol–water partition coefficient (Wildman–Crippen LogP) is 1.92. The van der Waals surface area contributed by atoms with E-state index in [4.69, 9.17) is 0 Å². The minimum atomic E-state index is 0.959. The minimum Gasteiger partial charge on any atom is -0.331 e. The number of para-hydroxylation sites is 1. The number of quaternary nitrogens is 1. The monoisotopic (exact) mass is 233 g/mol. The summed E-state index contributed by atoms with van der Waals surface area (Å²) in [6.07, 6.45) is 2.38. The minimum absolute atomic E-state index is 0.959. The lowest BCUT2D eigenvalue weighted by atomic mass is 10.2. The quantitative estimate of drug-likeness (QED) is 0.583. The topological polar surface area (TPSA) is 30.7 Å². The summed E-state index contributed by atoms with van der Waals surface area (Å²) in [4.78, 5) is 0. The third-order valence-corrected chi connectivity index (χ3v) is 2.87. The van der Waals surface area contributed by atoms with Crippen molar-refractivity contribution in [2.45, 2.75) is 19.4 Å². The highest BCUT2D eigenvalue weighted by Gasteiger charge is 2.07. The van der Waals surface area contributed by atoms with Crippen LogP contribution in [0.2, 0.25) is 0 Å². The van der Waals surface area contributed by atoms with Crippen molar-refractivity contribution in [3.63, 3.8) is 0 Å². The van der Waals surface area contributed by atoms with E-state index in [0.29, 0.717) is 0 Å². The second-order valence-electron chi connectivity index (χ2n) is 5.52. The Labute approximate surface area is 102 Å². The molecule has 0 amide bonds. The summed E-state index contributed by atoms with van der Waals surface area (Å²) >= 11 is 0. The number of benzene rings is 1. The molecular formula is C13H21N4+. The molecule has 1 heterocycles. The predicted molar refractivity (Wildman–Crippen MR) is 69.7 cm³/mol. The van der Waals surface area contributed by atoms with E-state index in [1.165, 1.54) is 13.0 Å². The van der Waals surface area contributed by atoms with Crippen LogP contribution >= 0.6 is 0 Å². The van der Waals surface area contributed by atoms with E-state index in [-0.39, 0.29) is 0 Å². The molecule has 0 bridgehead atoms. The van der Waals surface area contributed by atoms with Crippen molar-refractivity contribution in [2.24, 2.45) is 0 Å². The lowest BCUT2D eigenvalue weighted by molar-refractivity contribution is -0.870. The number of hydrogen-bond donors (Lipinski definition) is 0. The summed E-state index contributed by atoms with van der Waals surface area (Å²) < 4.78 is 3.03. The fraction of sp³-hybridized carbons (Fsp3) is 0.538. The number of fused-ring (bicyclic) bond motifs is 1. The second-order valence-corrected chi connectivity index (χ2v) is 5.52. The maximum absolute atomic E-state index is 4.19. The van der Waals surface area contributed by atoms with Crippen LogP contribution in [0.25, 0.3) is 11.0 Å². The second kappa shape index (κ2) is 4.84. The van der Waals surface area contributed by atoms with Gasteiger partial charge in [-0.3, -0.25) is 0 Å². The van der Waals surface area contributed by atoms with Crippen molar-refractivity contribution in [2.75, 3.05) is 27.7 Å². The van der Waals surface area contributed by atoms with Gasteiger partial charge in [0, 0.05) is 6.54 Å². The van der Waals surface area contributed by atoms with Gasteiger partial charge < -0.3 is 4.48 Å². The number of hydrogen-bond acceptors (Lipinski definition) is 2. The van der Waals surface area contributed by atoms with Crippen LogP contribution < -0.4 is 0 Å². The Morgan fingerprint density at radius 3 is 2.65 bits per heavy atom. The maximum atomic E-state index is 4.19. The molecule has 92 valence electrons.